The molecule has 0 bridgehead atoms. The molecule has 3 amide bonds. The van der Waals surface area contributed by atoms with Gasteiger partial charge in [-0.05, 0) is 86.6 Å². The lowest BCUT2D eigenvalue weighted by atomic mass is 10.1. The molecule has 1 heterocycles. The van der Waals surface area contributed by atoms with Gasteiger partial charge in [0.05, 0.1) is 22.9 Å². The van der Waals surface area contributed by atoms with E-state index in [1.807, 2.05) is 0 Å². The van der Waals surface area contributed by atoms with E-state index in [2.05, 4.69) is 27.0 Å². The van der Waals surface area contributed by atoms with Crippen LogP contribution in [0.4, 0.5) is 56.6 Å². The average molecular weight is 849 g/mol. The first-order chi connectivity index (χ1) is 27.9. The number of allylic oxidation sites excluding steroid dienone is 2. The van der Waals surface area contributed by atoms with Crippen LogP contribution in [0.3, 0.4) is 0 Å². The number of nitrogens with zero attached hydrogens (tertiary/aromatic N) is 3. The fourth-order valence-corrected chi connectivity index (χ4v) is 4.19. The van der Waals surface area contributed by atoms with E-state index in [0.29, 0.717) is 5.76 Å². The van der Waals surface area contributed by atoms with E-state index in [1.54, 1.807) is 6.92 Å². The van der Waals surface area contributed by atoms with Crippen molar-refractivity contribution in [1.29, 1.82) is 10.5 Å². The summed E-state index contributed by atoms with van der Waals surface area (Å²) in [6, 6.07) is 14.6. The molecule has 3 aromatic carbocycles. The molecular weight excluding hydrogens is 819 g/mol. The van der Waals surface area contributed by atoms with Crippen LogP contribution in [0.1, 0.15) is 52.6 Å². The highest BCUT2D eigenvalue weighted by molar-refractivity contribution is 6.07. The van der Waals surface area contributed by atoms with Crippen LogP contribution >= 0.6 is 0 Å². The second-order valence-corrected chi connectivity index (χ2v) is 11.6. The van der Waals surface area contributed by atoms with Gasteiger partial charge in [0.2, 0.25) is 0 Å². The second kappa shape index (κ2) is 21.1. The number of nitrogens with one attached hydrogen (secondary N) is 3. The van der Waals surface area contributed by atoms with Crippen molar-refractivity contribution >= 4 is 34.8 Å². The summed E-state index contributed by atoms with van der Waals surface area (Å²) in [6.45, 7) is 2.72. The molecule has 0 aliphatic heterocycles. The van der Waals surface area contributed by atoms with Crippen molar-refractivity contribution in [2.45, 2.75) is 45.2 Å². The topological polar surface area (TPSA) is 201 Å². The van der Waals surface area contributed by atoms with Gasteiger partial charge in [-0.25, -0.2) is 0 Å². The van der Waals surface area contributed by atoms with Crippen molar-refractivity contribution in [1.82, 2.24) is 5.16 Å². The molecule has 0 atom stereocenters. The summed E-state index contributed by atoms with van der Waals surface area (Å²) in [5.41, 5.74) is -2.86. The van der Waals surface area contributed by atoms with E-state index >= 15 is 0 Å². The number of amides is 3. The quantitative estimate of drug-likeness (QED) is 0.0376. The molecule has 0 radical (unpaired) electrons. The SMILES string of the molecule is C#CCC/C(O)=C(\C#N)C(=O)Nc1ccc(C(F)(F)F)cc1.C/C(O)=C(\C#N)C(=O)Nc1ccc(C(F)(F)F)cc1.Cc1oncc1C(=O)Nc1ccc(C(F)(F)F)cc1. The Hall–Kier alpha value is -7.73. The number of aryl methyl sites for hydroxylation is 1. The molecule has 0 aliphatic rings. The van der Waals surface area contributed by atoms with Crippen LogP contribution in [-0.2, 0) is 28.1 Å². The number of nitriles is 2. The van der Waals surface area contributed by atoms with Crippen molar-refractivity contribution in [2.24, 2.45) is 0 Å². The van der Waals surface area contributed by atoms with Crippen molar-refractivity contribution in [3.63, 3.8) is 0 Å². The van der Waals surface area contributed by atoms with Gasteiger partial charge < -0.3 is 30.7 Å². The lowest BCUT2D eigenvalue weighted by molar-refractivity contribution is -0.138. The molecule has 4 aromatic rings. The Morgan fingerprint density at radius 3 is 1.35 bits per heavy atom. The summed E-state index contributed by atoms with van der Waals surface area (Å²) in [5.74, 6) is -0.645. The highest BCUT2D eigenvalue weighted by atomic mass is 19.4. The lowest BCUT2D eigenvalue weighted by Crippen LogP contribution is -2.15. The number of aromatic nitrogens is 1. The molecule has 12 nitrogen and oxygen atoms in total. The zero-order chi connectivity index (χ0) is 45.4. The molecule has 1 aromatic heterocycles. The number of terminal acetylenes is 1. The third-order valence-electron chi connectivity index (χ3n) is 7.24. The number of aliphatic hydroxyl groups excluding tert-OH is 2. The number of rotatable bonds is 8. The minimum Gasteiger partial charge on any atom is -0.511 e. The summed E-state index contributed by atoms with van der Waals surface area (Å²) in [6.07, 6.45) is -6.98. The van der Waals surface area contributed by atoms with Crippen molar-refractivity contribution in [3.05, 3.63) is 130 Å². The fourth-order valence-electron chi connectivity index (χ4n) is 4.19. The highest BCUT2D eigenvalue weighted by Crippen LogP contribution is 2.32. The van der Waals surface area contributed by atoms with Gasteiger partial charge in [-0.1, -0.05) is 5.16 Å². The molecule has 21 heteroatoms. The maximum Gasteiger partial charge on any atom is 0.416 e. The summed E-state index contributed by atoms with van der Waals surface area (Å²) in [7, 11) is 0. The van der Waals surface area contributed by atoms with E-state index in [1.165, 1.54) is 30.5 Å². The number of carbonyl (C=O) groups excluding carboxylic acids is 3. The first-order valence-electron chi connectivity index (χ1n) is 16.4. The van der Waals surface area contributed by atoms with Gasteiger partial charge in [-0.15, -0.1) is 12.3 Å². The molecule has 0 saturated heterocycles. The van der Waals surface area contributed by atoms with Gasteiger partial charge in [-0.2, -0.15) is 50.0 Å². The maximum atomic E-state index is 12.4. The molecule has 0 fully saturated rings. The number of hydrogen-bond donors (Lipinski definition) is 5. The number of carbonyl (C=O) groups is 3. The zero-order valence-electron chi connectivity index (χ0n) is 30.8. The summed E-state index contributed by atoms with van der Waals surface area (Å²) in [4.78, 5) is 35.0. The number of anilines is 3. The summed E-state index contributed by atoms with van der Waals surface area (Å²) < 4.78 is 116. The molecule has 314 valence electrons. The van der Waals surface area contributed by atoms with Crippen molar-refractivity contribution in [2.75, 3.05) is 16.0 Å². The zero-order valence-corrected chi connectivity index (χ0v) is 30.8. The number of alkyl halides is 9. The average Bonchev–Trinajstić information content (AvgIpc) is 3.60. The number of halogens is 9. The Kier molecular flexibility index (Phi) is 17.1. The Balaban J connectivity index is 0.000000311. The number of benzene rings is 3. The molecule has 4 rings (SSSR count). The van der Waals surface area contributed by atoms with E-state index in [-0.39, 0.29) is 35.5 Å². The van der Waals surface area contributed by atoms with Gasteiger partial charge in [0.25, 0.3) is 17.7 Å². The number of hydrogen-bond acceptors (Lipinski definition) is 9. The van der Waals surface area contributed by atoms with Crippen LogP contribution < -0.4 is 16.0 Å². The normalized spacial score (nSPS) is 11.9. The first-order valence-corrected chi connectivity index (χ1v) is 16.4. The van der Waals surface area contributed by atoms with Crippen molar-refractivity contribution in [3.8, 4) is 24.5 Å². The van der Waals surface area contributed by atoms with E-state index in [4.69, 9.17) is 26.6 Å². The molecule has 0 saturated carbocycles. The Bertz CT molecular complexity index is 2320. The second-order valence-electron chi connectivity index (χ2n) is 11.6. The van der Waals surface area contributed by atoms with E-state index in [9.17, 15) is 59.0 Å². The molecule has 0 aliphatic carbocycles. The largest absolute Gasteiger partial charge is 0.511 e. The smallest absolute Gasteiger partial charge is 0.416 e. The van der Waals surface area contributed by atoms with Crippen LogP contribution in [0.2, 0.25) is 0 Å². The van der Waals surface area contributed by atoms with Gasteiger partial charge in [0.15, 0.2) is 11.1 Å². The van der Waals surface area contributed by atoms with Gasteiger partial charge in [0, 0.05) is 29.9 Å². The van der Waals surface area contributed by atoms with Crippen LogP contribution in [0.25, 0.3) is 0 Å². The molecular formula is C39H29F9N6O6. The van der Waals surface area contributed by atoms with Gasteiger partial charge >= 0.3 is 18.5 Å². The standard InChI is InChI=1S/C15H11F3N2O2.2C12H9F3N2O2/c1-2-3-4-13(21)12(9-19)14(22)20-11-7-5-10(6-8-11)15(16,17)18;1-7-10(6-16-19-7)11(18)17-9-4-2-8(3-5-9)12(13,14)15;1-7(18)10(6-16)11(19)17-9-4-2-8(3-5-9)12(13,14)15/h1,5-8,21H,3-4H2,(H,20,22);2-6H,1H3,(H,17,18);2-5,18H,1H3,(H,17,19)/b13-12-;;10-7-. The Labute approximate surface area is 334 Å². The molecule has 0 unspecified atom stereocenters. The lowest BCUT2D eigenvalue weighted by Gasteiger charge is -2.09. The van der Waals surface area contributed by atoms with Crippen molar-refractivity contribution < 1.29 is 68.6 Å². The summed E-state index contributed by atoms with van der Waals surface area (Å²) in [5, 5.41) is 46.5. The predicted octanol–water partition coefficient (Wildman–Crippen LogP) is 9.65. The number of aliphatic hydroxyl groups is 2. The van der Waals surface area contributed by atoms with Crippen LogP contribution in [-0.4, -0.2) is 33.1 Å². The Morgan fingerprint density at radius 1 is 0.683 bits per heavy atom. The van der Waals surface area contributed by atoms with Crippen LogP contribution in [0.15, 0.2) is 106 Å². The molecule has 60 heavy (non-hydrogen) atoms. The molecule has 5 N–H and O–H groups in total. The third kappa shape index (κ3) is 15.0. The van der Waals surface area contributed by atoms with E-state index in [0.717, 1.165) is 67.6 Å². The minimum absolute atomic E-state index is 0.0418. The monoisotopic (exact) mass is 848 g/mol. The fraction of sp³-hybridized carbons (Fsp3) is 0.179. The third-order valence-corrected chi connectivity index (χ3v) is 7.24. The van der Waals surface area contributed by atoms with E-state index < -0.39 is 75.6 Å². The maximum absolute atomic E-state index is 12.4. The van der Waals surface area contributed by atoms with Crippen LogP contribution in [0, 0.1) is 41.9 Å². The predicted molar refractivity (Wildman–Crippen MR) is 195 cm³/mol. The summed E-state index contributed by atoms with van der Waals surface area (Å²) >= 11 is 0. The van der Waals surface area contributed by atoms with Crippen LogP contribution in [0.5, 0.6) is 0 Å². The molecule has 0 spiro atoms. The van der Waals surface area contributed by atoms with Gasteiger partial charge in [-0.3, -0.25) is 14.4 Å². The first kappa shape index (κ1) is 48.4. The highest BCUT2D eigenvalue weighted by Gasteiger charge is 2.32. The van der Waals surface area contributed by atoms with Gasteiger partial charge in [0.1, 0.15) is 35.0 Å². The minimum atomic E-state index is -4.48. The Morgan fingerprint density at radius 2 is 1.05 bits per heavy atom.